The van der Waals surface area contributed by atoms with Crippen molar-refractivity contribution in [1.29, 1.82) is 0 Å². The van der Waals surface area contributed by atoms with E-state index in [1.54, 1.807) is 6.07 Å². The lowest BCUT2D eigenvalue weighted by molar-refractivity contribution is -0.141. The Labute approximate surface area is 127 Å². The fourth-order valence-corrected chi connectivity index (χ4v) is 2.17. The van der Waals surface area contributed by atoms with Gasteiger partial charge >= 0.3 is 6.18 Å². The van der Waals surface area contributed by atoms with Crippen LogP contribution >= 0.6 is 34.8 Å². The SMILES string of the molecule is FC(F)(F)c1ncnc(Cl)c1Cc1ccc(Cl)c(Cl)c1. The van der Waals surface area contributed by atoms with Gasteiger partial charge < -0.3 is 0 Å². The summed E-state index contributed by atoms with van der Waals surface area (Å²) in [5.41, 5.74) is -0.717. The van der Waals surface area contributed by atoms with Crippen molar-refractivity contribution in [3.8, 4) is 0 Å². The van der Waals surface area contributed by atoms with Gasteiger partial charge in [-0.05, 0) is 17.7 Å². The van der Waals surface area contributed by atoms with Crippen molar-refractivity contribution in [3.63, 3.8) is 0 Å². The summed E-state index contributed by atoms with van der Waals surface area (Å²) >= 11 is 17.3. The smallest absolute Gasteiger partial charge is 0.231 e. The molecule has 0 saturated carbocycles. The van der Waals surface area contributed by atoms with Crippen molar-refractivity contribution in [1.82, 2.24) is 9.97 Å². The maximum atomic E-state index is 12.9. The van der Waals surface area contributed by atoms with Crippen LogP contribution in [0.15, 0.2) is 24.5 Å². The Morgan fingerprint density at radius 3 is 2.30 bits per heavy atom. The van der Waals surface area contributed by atoms with E-state index in [1.165, 1.54) is 12.1 Å². The molecular weight excluding hydrogens is 335 g/mol. The van der Waals surface area contributed by atoms with Crippen molar-refractivity contribution in [2.75, 3.05) is 0 Å². The van der Waals surface area contributed by atoms with Crippen LogP contribution in [-0.2, 0) is 12.6 Å². The summed E-state index contributed by atoms with van der Waals surface area (Å²) in [5, 5.41) is 0.339. The van der Waals surface area contributed by atoms with Gasteiger partial charge in [0.2, 0.25) is 0 Å². The minimum atomic E-state index is -4.60. The van der Waals surface area contributed by atoms with Crippen LogP contribution in [0.5, 0.6) is 0 Å². The molecule has 0 aliphatic heterocycles. The van der Waals surface area contributed by atoms with Gasteiger partial charge in [-0.3, -0.25) is 0 Å². The maximum Gasteiger partial charge on any atom is 0.433 e. The molecule has 0 aliphatic rings. The van der Waals surface area contributed by atoms with Crippen molar-refractivity contribution in [3.05, 3.63) is 56.5 Å². The molecule has 2 nitrogen and oxygen atoms in total. The molecule has 2 rings (SSSR count). The fraction of sp³-hybridized carbons (Fsp3) is 0.167. The molecule has 1 aromatic carbocycles. The quantitative estimate of drug-likeness (QED) is 0.715. The molecule has 0 bridgehead atoms. The van der Waals surface area contributed by atoms with Crippen LogP contribution in [0.25, 0.3) is 0 Å². The average molecular weight is 342 g/mol. The van der Waals surface area contributed by atoms with Crippen LogP contribution in [0.1, 0.15) is 16.8 Å². The Kier molecular flexibility index (Phi) is 4.42. The average Bonchev–Trinajstić information content (AvgIpc) is 2.35. The zero-order valence-electron chi connectivity index (χ0n) is 9.68. The molecule has 106 valence electrons. The van der Waals surface area contributed by atoms with Gasteiger partial charge in [-0.1, -0.05) is 40.9 Å². The summed E-state index contributed by atoms with van der Waals surface area (Å²) in [5.74, 6) is 0. The van der Waals surface area contributed by atoms with Gasteiger partial charge in [0.05, 0.1) is 10.0 Å². The molecule has 0 spiro atoms. The summed E-state index contributed by atoms with van der Waals surface area (Å²) in [6.07, 6.45) is -3.91. The molecule has 0 saturated heterocycles. The van der Waals surface area contributed by atoms with Crippen molar-refractivity contribution in [2.45, 2.75) is 12.6 Å². The highest BCUT2D eigenvalue weighted by Gasteiger charge is 2.36. The number of hydrogen-bond donors (Lipinski definition) is 0. The first-order valence-corrected chi connectivity index (χ1v) is 6.43. The van der Waals surface area contributed by atoms with E-state index in [1.807, 2.05) is 0 Å². The first-order chi connectivity index (χ1) is 9.29. The monoisotopic (exact) mass is 340 g/mol. The molecule has 20 heavy (non-hydrogen) atoms. The highest BCUT2D eigenvalue weighted by Crippen LogP contribution is 2.34. The molecule has 0 fully saturated rings. The van der Waals surface area contributed by atoms with Gasteiger partial charge in [-0.15, -0.1) is 0 Å². The second-order valence-corrected chi connectivity index (χ2v) is 5.09. The second kappa shape index (κ2) is 5.76. The third-order valence-corrected chi connectivity index (χ3v) is 3.59. The zero-order valence-corrected chi connectivity index (χ0v) is 11.9. The first kappa shape index (κ1) is 15.4. The molecule has 1 aromatic heterocycles. The van der Waals surface area contributed by atoms with Crippen LogP contribution in [0.4, 0.5) is 13.2 Å². The van der Waals surface area contributed by atoms with Gasteiger partial charge in [0.25, 0.3) is 0 Å². The lowest BCUT2D eigenvalue weighted by Crippen LogP contribution is -2.13. The highest BCUT2D eigenvalue weighted by molar-refractivity contribution is 6.42. The van der Waals surface area contributed by atoms with Crippen LogP contribution in [0.2, 0.25) is 15.2 Å². The van der Waals surface area contributed by atoms with Gasteiger partial charge in [-0.2, -0.15) is 13.2 Å². The molecule has 0 radical (unpaired) electrons. The van der Waals surface area contributed by atoms with Crippen molar-refractivity contribution >= 4 is 34.8 Å². The van der Waals surface area contributed by atoms with E-state index in [0.717, 1.165) is 6.33 Å². The van der Waals surface area contributed by atoms with Gasteiger partial charge in [0, 0.05) is 12.0 Å². The van der Waals surface area contributed by atoms with E-state index in [-0.39, 0.29) is 22.2 Å². The minimum Gasteiger partial charge on any atom is -0.231 e. The summed E-state index contributed by atoms with van der Waals surface area (Å²) < 4.78 is 38.6. The lowest BCUT2D eigenvalue weighted by atomic mass is 10.0. The van der Waals surface area contributed by atoms with E-state index in [4.69, 9.17) is 34.8 Å². The van der Waals surface area contributed by atoms with Gasteiger partial charge in [-0.25, -0.2) is 9.97 Å². The predicted octanol–water partition coefficient (Wildman–Crippen LogP) is 5.05. The first-order valence-electron chi connectivity index (χ1n) is 5.29. The van der Waals surface area contributed by atoms with E-state index < -0.39 is 11.9 Å². The lowest BCUT2D eigenvalue weighted by Gasteiger charge is -2.12. The molecule has 0 unspecified atom stereocenters. The number of aromatic nitrogens is 2. The zero-order chi connectivity index (χ0) is 14.9. The number of nitrogens with zero attached hydrogens (tertiary/aromatic N) is 2. The molecule has 0 amide bonds. The molecule has 1 heterocycles. The number of benzene rings is 1. The second-order valence-electron chi connectivity index (χ2n) is 3.91. The molecule has 0 atom stereocenters. The summed E-state index contributed by atoms with van der Waals surface area (Å²) in [4.78, 5) is 6.85. The van der Waals surface area contributed by atoms with Crippen LogP contribution in [0, 0.1) is 0 Å². The normalized spacial score (nSPS) is 11.7. The largest absolute Gasteiger partial charge is 0.433 e. The third kappa shape index (κ3) is 3.34. The maximum absolute atomic E-state index is 12.9. The standard InChI is InChI=1S/C12H6Cl3F3N2/c13-8-2-1-6(4-9(8)14)3-7-10(12(16,17)18)19-5-20-11(7)15/h1-2,4-5H,3H2. The Hall–Kier alpha value is -1.04. The number of hydrogen-bond acceptors (Lipinski definition) is 2. The Morgan fingerprint density at radius 1 is 1.00 bits per heavy atom. The highest BCUT2D eigenvalue weighted by atomic mass is 35.5. The molecular formula is C12H6Cl3F3N2. The van der Waals surface area contributed by atoms with E-state index in [9.17, 15) is 13.2 Å². The predicted molar refractivity (Wildman–Crippen MR) is 71.3 cm³/mol. The summed E-state index contributed by atoms with van der Waals surface area (Å²) in [6.45, 7) is 0. The van der Waals surface area contributed by atoms with Gasteiger partial charge in [0.15, 0.2) is 5.69 Å². The number of rotatable bonds is 2. The minimum absolute atomic E-state index is 0.0919. The Bertz CT molecular complexity index is 644. The van der Waals surface area contributed by atoms with E-state index >= 15 is 0 Å². The van der Waals surface area contributed by atoms with Gasteiger partial charge in [0.1, 0.15) is 11.5 Å². The third-order valence-electron chi connectivity index (χ3n) is 2.53. The molecule has 0 N–H and O–H groups in total. The van der Waals surface area contributed by atoms with Crippen molar-refractivity contribution in [2.24, 2.45) is 0 Å². The van der Waals surface area contributed by atoms with E-state index in [0.29, 0.717) is 10.6 Å². The molecule has 0 aliphatic carbocycles. The van der Waals surface area contributed by atoms with Crippen LogP contribution in [-0.4, -0.2) is 9.97 Å². The van der Waals surface area contributed by atoms with Crippen LogP contribution < -0.4 is 0 Å². The fourth-order valence-electron chi connectivity index (χ4n) is 1.65. The molecule has 2 aromatic rings. The Morgan fingerprint density at radius 2 is 1.70 bits per heavy atom. The molecule has 8 heteroatoms. The van der Waals surface area contributed by atoms with Crippen molar-refractivity contribution < 1.29 is 13.2 Å². The summed E-state index contributed by atoms with van der Waals surface area (Å²) in [7, 11) is 0. The summed E-state index contributed by atoms with van der Waals surface area (Å²) in [6, 6.07) is 4.55. The number of alkyl halides is 3. The van der Waals surface area contributed by atoms with Crippen LogP contribution in [0.3, 0.4) is 0 Å². The van der Waals surface area contributed by atoms with E-state index in [2.05, 4.69) is 9.97 Å². The topological polar surface area (TPSA) is 25.8 Å². The number of halogens is 6. The Balaban J connectivity index is 2.45.